The molecule has 0 N–H and O–H groups in total. The maximum Gasteiger partial charge on any atom is 0.0689 e. The third-order valence-electron chi connectivity index (χ3n) is 7.74. The number of nitriles is 1. The molecule has 0 amide bonds. The second-order valence-electron chi connectivity index (χ2n) is 9.67. The van der Waals surface area contributed by atoms with Crippen molar-refractivity contribution in [2.24, 2.45) is 23.2 Å². The summed E-state index contributed by atoms with van der Waals surface area (Å²) in [6, 6.07) is 2.78. The van der Waals surface area contributed by atoms with E-state index in [-0.39, 0.29) is 5.41 Å². The third kappa shape index (κ3) is 6.90. The number of rotatable bonds is 11. The fourth-order valence-electron chi connectivity index (χ4n) is 5.86. The molecule has 0 aromatic rings. The van der Waals surface area contributed by atoms with Crippen LogP contribution in [-0.2, 0) is 0 Å². The summed E-state index contributed by atoms with van der Waals surface area (Å²) < 4.78 is 0. The van der Waals surface area contributed by atoms with E-state index in [0.29, 0.717) is 0 Å². The van der Waals surface area contributed by atoms with Crippen LogP contribution in [0.1, 0.15) is 129 Å². The van der Waals surface area contributed by atoms with Crippen molar-refractivity contribution in [3.63, 3.8) is 0 Å². The van der Waals surface area contributed by atoms with Crippen LogP contribution in [0.3, 0.4) is 0 Å². The first-order valence-electron chi connectivity index (χ1n) is 12.1. The van der Waals surface area contributed by atoms with E-state index in [1.54, 1.807) is 0 Å². The van der Waals surface area contributed by atoms with Gasteiger partial charge in [-0.05, 0) is 62.7 Å². The molecule has 2 saturated carbocycles. The molecule has 0 radical (unpaired) electrons. The highest BCUT2D eigenvalue weighted by atomic mass is 14.4. The van der Waals surface area contributed by atoms with Crippen molar-refractivity contribution < 1.29 is 0 Å². The van der Waals surface area contributed by atoms with Crippen LogP contribution in [0.25, 0.3) is 0 Å². The van der Waals surface area contributed by atoms with Gasteiger partial charge in [0, 0.05) is 0 Å². The monoisotopic (exact) mass is 359 g/mol. The van der Waals surface area contributed by atoms with Crippen molar-refractivity contribution in [1.29, 1.82) is 5.26 Å². The van der Waals surface area contributed by atoms with Gasteiger partial charge in [0.25, 0.3) is 0 Å². The van der Waals surface area contributed by atoms with E-state index in [4.69, 9.17) is 0 Å². The summed E-state index contributed by atoms with van der Waals surface area (Å²) in [5, 5.41) is 9.85. The molecule has 1 nitrogen and oxygen atoms in total. The van der Waals surface area contributed by atoms with E-state index in [1.165, 1.54) is 116 Å². The Hall–Kier alpha value is -0.510. The van der Waals surface area contributed by atoms with Gasteiger partial charge >= 0.3 is 0 Å². The fourth-order valence-corrected chi connectivity index (χ4v) is 5.86. The number of hydrogen-bond acceptors (Lipinski definition) is 1. The van der Waals surface area contributed by atoms with Gasteiger partial charge in [-0.3, -0.25) is 0 Å². The summed E-state index contributed by atoms with van der Waals surface area (Å²) in [5.41, 5.74) is 0.0410. The van der Waals surface area contributed by atoms with E-state index in [1.807, 2.05) is 0 Å². The van der Waals surface area contributed by atoms with E-state index in [9.17, 15) is 5.26 Å². The van der Waals surface area contributed by atoms with E-state index >= 15 is 0 Å². The molecule has 0 bridgehead atoms. The molecule has 1 heteroatoms. The van der Waals surface area contributed by atoms with Gasteiger partial charge in [-0.15, -0.1) is 0 Å². The lowest BCUT2D eigenvalue weighted by atomic mass is 9.63. The second-order valence-corrected chi connectivity index (χ2v) is 9.67. The topological polar surface area (TPSA) is 23.8 Å². The first-order chi connectivity index (χ1) is 12.7. The van der Waals surface area contributed by atoms with E-state index in [0.717, 1.165) is 17.8 Å². The minimum atomic E-state index is 0.0410. The van der Waals surface area contributed by atoms with Gasteiger partial charge in [-0.1, -0.05) is 84.5 Å². The van der Waals surface area contributed by atoms with Gasteiger partial charge < -0.3 is 0 Å². The molecule has 0 atom stereocenters. The van der Waals surface area contributed by atoms with Gasteiger partial charge in [0.15, 0.2) is 0 Å². The summed E-state index contributed by atoms with van der Waals surface area (Å²) in [5.74, 6) is 2.95. The molecule has 0 unspecified atom stereocenters. The minimum absolute atomic E-state index is 0.0410. The summed E-state index contributed by atoms with van der Waals surface area (Å²) in [4.78, 5) is 0. The Morgan fingerprint density at radius 1 is 0.731 bits per heavy atom. The molecular weight excluding hydrogens is 314 g/mol. The fraction of sp³-hybridized carbons (Fsp3) is 0.960. The number of hydrogen-bond donors (Lipinski definition) is 0. The van der Waals surface area contributed by atoms with E-state index < -0.39 is 0 Å². The average molecular weight is 360 g/mol. The Morgan fingerprint density at radius 3 is 1.88 bits per heavy atom. The molecule has 0 aliphatic heterocycles. The lowest BCUT2D eigenvalue weighted by Gasteiger charge is -2.41. The van der Waals surface area contributed by atoms with Crippen molar-refractivity contribution >= 4 is 0 Å². The molecule has 0 spiro atoms. The van der Waals surface area contributed by atoms with Crippen molar-refractivity contribution in [2.75, 3.05) is 0 Å². The lowest BCUT2D eigenvalue weighted by Crippen LogP contribution is -2.31. The van der Waals surface area contributed by atoms with Gasteiger partial charge in [-0.2, -0.15) is 5.26 Å². The van der Waals surface area contributed by atoms with Crippen molar-refractivity contribution in [1.82, 2.24) is 0 Å². The van der Waals surface area contributed by atoms with Crippen molar-refractivity contribution in [2.45, 2.75) is 129 Å². The Kier molecular flexibility index (Phi) is 10.1. The minimum Gasteiger partial charge on any atom is -0.198 e. The molecule has 150 valence electrons. The Bertz CT molecular complexity index is 391. The smallest absolute Gasteiger partial charge is 0.0689 e. The maximum atomic E-state index is 9.85. The molecule has 2 rings (SSSR count). The first-order valence-corrected chi connectivity index (χ1v) is 12.1. The Balaban J connectivity index is 1.64. The zero-order valence-electron chi connectivity index (χ0n) is 17.9. The molecule has 0 aromatic heterocycles. The predicted octanol–water partition coefficient (Wildman–Crippen LogP) is 8.43. The molecule has 2 fully saturated rings. The Morgan fingerprint density at radius 2 is 1.31 bits per heavy atom. The lowest BCUT2D eigenvalue weighted by molar-refractivity contribution is 0.115. The van der Waals surface area contributed by atoms with Crippen LogP contribution in [0.15, 0.2) is 0 Å². The molecule has 2 aliphatic carbocycles. The van der Waals surface area contributed by atoms with Gasteiger partial charge in [0.05, 0.1) is 11.5 Å². The van der Waals surface area contributed by atoms with Crippen LogP contribution in [0.2, 0.25) is 0 Å². The maximum absolute atomic E-state index is 9.85. The normalized spacial score (nSPS) is 32.3. The second kappa shape index (κ2) is 12.0. The van der Waals surface area contributed by atoms with Crippen LogP contribution in [0.5, 0.6) is 0 Å². The summed E-state index contributed by atoms with van der Waals surface area (Å²) in [7, 11) is 0. The van der Waals surface area contributed by atoms with Crippen molar-refractivity contribution in [3.8, 4) is 6.07 Å². The highest BCUT2D eigenvalue weighted by molar-refractivity contribution is 5.02. The van der Waals surface area contributed by atoms with Gasteiger partial charge in [-0.25, -0.2) is 0 Å². The number of nitrogens with zero attached hydrogens (tertiary/aromatic N) is 1. The van der Waals surface area contributed by atoms with Gasteiger partial charge in [0.2, 0.25) is 0 Å². The van der Waals surface area contributed by atoms with Crippen LogP contribution in [0, 0.1) is 34.5 Å². The molecule has 26 heavy (non-hydrogen) atoms. The largest absolute Gasteiger partial charge is 0.198 e. The van der Waals surface area contributed by atoms with Gasteiger partial charge in [0.1, 0.15) is 0 Å². The quantitative estimate of drug-likeness (QED) is 0.339. The zero-order chi connectivity index (χ0) is 18.7. The van der Waals surface area contributed by atoms with Crippen LogP contribution in [0.4, 0.5) is 0 Å². The van der Waals surface area contributed by atoms with Crippen LogP contribution >= 0.6 is 0 Å². The van der Waals surface area contributed by atoms with Crippen LogP contribution in [-0.4, -0.2) is 0 Å². The standard InChI is InChI=1S/C25H45N/c1-3-5-6-7-8-9-10-18-25(21-26)19-16-24(17-20-25)23-14-12-22(11-4-2)13-15-23/h22-24H,3-20H2,1-2H3. The highest BCUT2D eigenvalue weighted by Crippen LogP contribution is 2.47. The third-order valence-corrected chi connectivity index (χ3v) is 7.74. The molecule has 0 heterocycles. The summed E-state index contributed by atoms with van der Waals surface area (Å²) >= 11 is 0. The molecule has 0 saturated heterocycles. The zero-order valence-corrected chi connectivity index (χ0v) is 17.9. The average Bonchev–Trinajstić information content (AvgIpc) is 2.69. The summed E-state index contributed by atoms with van der Waals surface area (Å²) in [6.45, 7) is 4.61. The summed E-state index contributed by atoms with van der Waals surface area (Å²) in [6.07, 6.45) is 24.5. The first kappa shape index (κ1) is 21.8. The molecular formula is C25H45N. The highest BCUT2D eigenvalue weighted by Gasteiger charge is 2.38. The Labute approximate surface area is 164 Å². The van der Waals surface area contributed by atoms with Crippen molar-refractivity contribution in [3.05, 3.63) is 0 Å². The van der Waals surface area contributed by atoms with Crippen LogP contribution < -0.4 is 0 Å². The number of unbranched alkanes of at least 4 members (excludes halogenated alkanes) is 6. The molecule has 2 aliphatic rings. The SMILES string of the molecule is CCCCCCCCCC1(C#N)CCC(C2CCC(CCC)CC2)CC1. The van der Waals surface area contributed by atoms with E-state index in [2.05, 4.69) is 19.9 Å². The molecule has 0 aromatic carbocycles. The predicted molar refractivity (Wildman–Crippen MR) is 113 cm³/mol.